The van der Waals surface area contributed by atoms with Gasteiger partial charge in [-0.15, -0.1) is 0 Å². The van der Waals surface area contributed by atoms with E-state index in [1.54, 1.807) is 24.3 Å². The first-order chi connectivity index (χ1) is 12.6. The monoisotopic (exact) mass is 374 g/mol. The number of rotatable bonds is 5. The summed E-state index contributed by atoms with van der Waals surface area (Å²) in [7, 11) is 0. The molecule has 0 radical (unpaired) electrons. The third-order valence-corrected chi connectivity index (χ3v) is 5.46. The maximum absolute atomic E-state index is 12.2. The number of aliphatic imine (C=N–C) groups is 1. The fraction of sp³-hybridized carbons (Fsp3) is 0.444. The molecule has 1 aromatic carbocycles. The third-order valence-electron chi connectivity index (χ3n) is 4.24. The van der Waals surface area contributed by atoms with Gasteiger partial charge in [-0.05, 0) is 44.0 Å². The first-order valence-corrected chi connectivity index (χ1v) is 9.67. The van der Waals surface area contributed by atoms with Crippen LogP contribution in [0.3, 0.4) is 0 Å². The molecule has 1 aromatic rings. The number of nitrogens with one attached hydrogen (secondary N) is 2. The lowest BCUT2D eigenvalue weighted by Gasteiger charge is -2.16. The summed E-state index contributed by atoms with van der Waals surface area (Å²) in [5.41, 5.74) is 1.13. The van der Waals surface area contributed by atoms with E-state index >= 15 is 0 Å². The van der Waals surface area contributed by atoms with Gasteiger partial charge in [-0.3, -0.25) is 14.4 Å². The second kappa shape index (κ2) is 8.35. The fourth-order valence-corrected chi connectivity index (χ4v) is 4.02. The fourth-order valence-electron chi connectivity index (χ4n) is 2.90. The molecule has 0 aromatic heterocycles. The second-order valence-corrected chi connectivity index (χ2v) is 7.39. The van der Waals surface area contributed by atoms with Crippen molar-refractivity contribution in [2.75, 3.05) is 25.0 Å². The van der Waals surface area contributed by atoms with Gasteiger partial charge in [0.1, 0.15) is 5.25 Å². The minimum atomic E-state index is -0.458. The van der Waals surface area contributed by atoms with Crippen LogP contribution in [0.15, 0.2) is 29.3 Å². The first-order valence-electron chi connectivity index (χ1n) is 8.79. The minimum Gasteiger partial charge on any atom is -0.352 e. The van der Waals surface area contributed by atoms with Gasteiger partial charge in [0.2, 0.25) is 5.91 Å². The van der Waals surface area contributed by atoms with Crippen LogP contribution in [0.2, 0.25) is 0 Å². The van der Waals surface area contributed by atoms with E-state index in [1.165, 1.54) is 11.8 Å². The molecular formula is C18H22N4O3S. The van der Waals surface area contributed by atoms with Crippen LogP contribution in [-0.2, 0) is 9.59 Å². The second-order valence-electron chi connectivity index (χ2n) is 6.22. The Morgan fingerprint density at radius 1 is 1.23 bits per heavy atom. The molecule has 0 saturated carbocycles. The van der Waals surface area contributed by atoms with E-state index in [-0.39, 0.29) is 24.1 Å². The number of amidine groups is 1. The SMILES string of the molecule is CCNC(=O)c1ccc(NC(=O)C[C@@H]2SC(N3CCCC3)=NC2=O)cc1. The Hall–Kier alpha value is -2.35. The molecule has 8 heteroatoms. The summed E-state index contributed by atoms with van der Waals surface area (Å²) in [6.45, 7) is 4.27. The highest BCUT2D eigenvalue weighted by atomic mass is 32.2. The standard InChI is InChI=1S/C18H22N4O3S/c1-2-19-16(24)12-5-7-13(8-6-12)20-15(23)11-14-17(25)21-18(26-14)22-9-3-4-10-22/h5-8,14H,2-4,9-11H2,1H3,(H,19,24)(H,20,23)/t14-/m0/s1. The zero-order chi connectivity index (χ0) is 18.5. The van der Waals surface area contributed by atoms with Gasteiger partial charge in [0.25, 0.3) is 11.8 Å². The van der Waals surface area contributed by atoms with Crippen LogP contribution in [0.5, 0.6) is 0 Å². The summed E-state index contributed by atoms with van der Waals surface area (Å²) in [5, 5.41) is 5.78. The lowest BCUT2D eigenvalue weighted by atomic mass is 10.2. The number of carbonyl (C=O) groups excluding carboxylic acids is 3. The zero-order valence-electron chi connectivity index (χ0n) is 14.7. The Labute approximate surface area is 156 Å². The van der Waals surface area contributed by atoms with Gasteiger partial charge in [0.05, 0.1) is 0 Å². The number of carbonyl (C=O) groups is 3. The van der Waals surface area contributed by atoms with Crippen LogP contribution in [0.1, 0.15) is 36.5 Å². The quantitative estimate of drug-likeness (QED) is 0.821. The first kappa shape index (κ1) is 18.4. The normalized spacial score (nSPS) is 19.4. The number of likely N-dealkylation sites (tertiary alicyclic amines) is 1. The number of amides is 3. The number of nitrogens with zero attached hydrogens (tertiary/aromatic N) is 2. The van der Waals surface area contributed by atoms with Crippen LogP contribution < -0.4 is 10.6 Å². The molecule has 2 aliphatic rings. The van der Waals surface area contributed by atoms with Crippen LogP contribution in [0.25, 0.3) is 0 Å². The largest absolute Gasteiger partial charge is 0.352 e. The molecule has 2 N–H and O–H groups in total. The molecule has 1 atom stereocenters. The molecule has 3 rings (SSSR count). The molecule has 138 valence electrons. The smallest absolute Gasteiger partial charge is 0.262 e. The van der Waals surface area contributed by atoms with Crippen LogP contribution in [-0.4, -0.2) is 52.7 Å². The van der Waals surface area contributed by atoms with E-state index in [9.17, 15) is 14.4 Å². The molecule has 1 fully saturated rings. The van der Waals surface area contributed by atoms with Crippen molar-refractivity contribution in [2.24, 2.45) is 4.99 Å². The predicted octanol–water partition coefficient (Wildman–Crippen LogP) is 1.86. The predicted molar refractivity (Wildman–Crippen MR) is 102 cm³/mol. The number of hydrogen-bond acceptors (Lipinski definition) is 5. The Morgan fingerprint density at radius 3 is 2.58 bits per heavy atom. The van der Waals surface area contributed by atoms with E-state index in [1.807, 2.05) is 6.92 Å². The third kappa shape index (κ3) is 4.43. The van der Waals surface area contributed by atoms with E-state index in [0.717, 1.165) is 31.1 Å². The summed E-state index contributed by atoms with van der Waals surface area (Å²) in [6, 6.07) is 6.67. The van der Waals surface area contributed by atoms with Gasteiger partial charge in [0.15, 0.2) is 5.17 Å². The van der Waals surface area contributed by atoms with Crippen molar-refractivity contribution in [1.82, 2.24) is 10.2 Å². The maximum atomic E-state index is 12.2. The highest BCUT2D eigenvalue weighted by molar-refractivity contribution is 8.15. The van der Waals surface area contributed by atoms with E-state index in [4.69, 9.17) is 0 Å². The molecule has 0 bridgehead atoms. The molecule has 2 heterocycles. The molecule has 26 heavy (non-hydrogen) atoms. The van der Waals surface area contributed by atoms with Crippen molar-refractivity contribution in [2.45, 2.75) is 31.4 Å². The number of benzene rings is 1. The molecule has 2 aliphatic heterocycles. The lowest BCUT2D eigenvalue weighted by molar-refractivity contribution is -0.121. The van der Waals surface area contributed by atoms with Gasteiger partial charge >= 0.3 is 0 Å². The average molecular weight is 374 g/mol. The minimum absolute atomic E-state index is 0.0857. The summed E-state index contributed by atoms with van der Waals surface area (Å²) >= 11 is 1.38. The molecule has 0 aliphatic carbocycles. The van der Waals surface area contributed by atoms with E-state index in [2.05, 4.69) is 20.5 Å². The van der Waals surface area contributed by atoms with Crippen LogP contribution in [0.4, 0.5) is 5.69 Å². The van der Waals surface area contributed by atoms with Gasteiger partial charge in [-0.2, -0.15) is 4.99 Å². The van der Waals surface area contributed by atoms with Crippen molar-refractivity contribution in [3.05, 3.63) is 29.8 Å². The summed E-state index contributed by atoms with van der Waals surface area (Å²) in [4.78, 5) is 42.2. The van der Waals surface area contributed by atoms with Crippen LogP contribution in [0, 0.1) is 0 Å². The molecule has 0 spiro atoms. The summed E-state index contributed by atoms with van der Waals surface area (Å²) in [5.74, 6) is -0.622. The van der Waals surface area contributed by atoms with E-state index in [0.29, 0.717) is 17.8 Å². The lowest BCUT2D eigenvalue weighted by Crippen LogP contribution is -2.25. The van der Waals surface area contributed by atoms with Crippen LogP contribution >= 0.6 is 11.8 Å². The average Bonchev–Trinajstić information content (AvgIpc) is 3.26. The van der Waals surface area contributed by atoms with Gasteiger partial charge in [-0.1, -0.05) is 11.8 Å². The van der Waals surface area contributed by atoms with Gasteiger partial charge in [-0.25, -0.2) is 0 Å². The highest BCUT2D eigenvalue weighted by Crippen LogP contribution is 2.29. The molecule has 3 amide bonds. The van der Waals surface area contributed by atoms with Crippen molar-refractivity contribution < 1.29 is 14.4 Å². The van der Waals surface area contributed by atoms with Gasteiger partial charge in [0, 0.05) is 37.3 Å². The number of thioether (sulfide) groups is 1. The summed E-state index contributed by atoms with van der Waals surface area (Å²) < 4.78 is 0. The molecular weight excluding hydrogens is 352 g/mol. The Kier molecular flexibility index (Phi) is 5.92. The Balaban J connectivity index is 1.51. The Morgan fingerprint density at radius 2 is 1.92 bits per heavy atom. The van der Waals surface area contributed by atoms with Crippen molar-refractivity contribution in [3.63, 3.8) is 0 Å². The van der Waals surface area contributed by atoms with E-state index < -0.39 is 5.25 Å². The van der Waals surface area contributed by atoms with Crippen molar-refractivity contribution in [3.8, 4) is 0 Å². The maximum Gasteiger partial charge on any atom is 0.262 e. The molecule has 1 saturated heterocycles. The van der Waals surface area contributed by atoms with Crippen molar-refractivity contribution in [1.29, 1.82) is 0 Å². The van der Waals surface area contributed by atoms with Crippen molar-refractivity contribution >= 4 is 40.3 Å². The van der Waals surface area contributed by atoms with Gasteiger partial charge < -0.3 is 15.5 Å². The summed E-state index contributed by atoms with van der Waals surface area (Å²) in [6.07, 6.45) is 2.32. The number of hydrogen-bond donors (Lipinski definition) is 2. The Bertz CT molecular complexity index is 726. The molecule has 0 unspecified atom stereocenters. The highest BCUT2D eigenvalue weighted by Gasteiger charge is 2.33. The zero-order valence-corrected chi connectivity index (χ0v) is 15.5. The molecule has 7 nitrogen and oxygen atoms in total. The number of anilines is 1. The topological polar surface area (TPSA) is 90.9 Å².